The van der Waals surface area contributed by atoms with Crippen molar-refractivity contribution in [3.05, 3.63) is 28.2 Å². The van der Waals surface area contributed by atoms with Crippen LogP contribution < -0.4 is 10.6 Å². The van der Waals surface area contributed by atoms with Crippen LogP contribution in [-0.2, 0) is 9.59 Å². The van der Waals surface area contributed by atoms with Gasteiger partial charge in [0.15, 0.2) is 0 Å². The van der Waals surface area contributed by atoms with Crippen LogP contribution in [0.25, 0.3) is 0 Å². The van der Waals surface area contributed by atoms with Gasteiger partial charge in [0.2, 0.25) is 11.8 Å². The molecule has 0 aromatic heterocycles. The van der Waals surface area contributed by atoms with E-state index in [2.05, 4.69) is 32.6 Å². The van der Waals surface area contributed by atoms with Gasteiger partial charge in [0.05, 0.1) is 19.2 Å². The smallest absolute Gasteiger partial charge is 0.238 e. The van der Waals surface area contributed by atoms with E-state index in [9.17, 15) is 14.9 Å². The molecule has 6 nitrogen and oxygen atoms in total. The van der Waals surface area contributed by atoms with E-state index in [1.54, 1.807) is 11.9 Å². The number of rotatable bonds is 6. The van der Waals surface area contributed by atoms with Crippen molar-refractivity contribution in [1.82, 2.24) is 10.2 Å². The lowest BCUT2D eigenvalue weighted by Crippen LogP contribution is -2.49. The summed E-state index contributed by atoms with van der Waals surface area (Å²) in [6.45, 7) is 2.10. The molecular weight excluding hydrogens is 384 g/mol. The summed E-state index contributed by atoms with van der Waals surface area (Å²) >= 11 is 3.39. The fourth-order valence-corrected chi connectivity index (χ4v) is 3.53. The number of halogens is 1. The van der Waals surface area contributed by atoms with Gasteiger partial charge in [-0.15, -0.1) is 0 Å². The number of benzene rings is 1. The van der Waals surface area contributed by atoms with Crippen LogP contribution in [0.15, 0.2) is 22.7 Å². The highest BCUT2D eigenvalue weighted by Crippen LogP contribution is 2.28. The summed E-state index contributed by atoms with van der Waals surface area (Å²) in [5.41, 5.74) is 0.982. The van der Waals surface area contributed by atoms with Crippen molar-refractivity contribution in [2.24, 2.45) is 0 Å². The number of aryl methyl sites for hydroxylation is 1. The van der Waals surface area contributed by atoms with Crippen molar-refractivity contribution in [2.45, 2.75) is 38.1 Å². The summed E-state index contributed by atoms with van der Waals surface area (Å²) in [5.74, 6) is -0.407. The Bertz CT molecular complexity index is 693. The molecule has 0 unspecified atom stereocenters. The highest BCUT2D eigenvalue weighted by atomic mass is 79.9. The zero-order valence-corrected chi connectivity index (χ0v) is 16.1. The van der Waals surface area contributed by atoms with E-state index in [0.29, 0.717) is 12.8 Å². The maximum Gasteiger partial charge on any atom is 0.238 e. The molecule has 1 aliphatic rings. The lowest BCUT2D eigenvalue weighted by Gasteiger charge is -2.24. The molecule has 0 saturated heterocycles. The fourth-order valence-electron chi connectivity index (χ4n) is 3.05. The van der Waals surface area contributed by atoms with E-state index < -0.39 is 5.54 Å². The molecule has 134 valence electrons. The molecule has 0 bridgehead atoms. The quantitative estimate of drug-likeness (QED) is 0.759. The second kappa shape index (κ2) is 8.45. The summed E-state index contributed by atoms with van der Waals surface area (Å²) in [6, 6.07) is 7.86. The second-order valence-corrected chi connectivity index (χ2v) is 7.54. The molecule has 1 saturated carbocycles. The first-order valence-electron chi connectivity index (χ1n) is 8.30. The Kier molecular flexibility index (Phi) is 6.57. The average molecular weight is 407 g/mol. The molecule has 1 aromatic rings. The van der Waals surface area contributed by atoms with E-state index >= 15 is 0 Å². The number of amides is 2. The monoisotopic (exact) mass is 406 g/mol. The Morgan fingerprint density at radius 1 is 1.28 bits per heavy atom. The van der Waals surface area contributed by atoms with E-state index in [-0.39, 0.29) is 24.9 Å². The molecule has 25 heavy (non-hydrogen) atoms. The average Bonchev–Trinajstić information content (AvgIpc) is 2.98. The van der Waals surface area contributed by atoms with Crippen LogP contribution in [0.4, 0.5) is 5.69 Å². The molecule has 0 spiro atoms. The minimum absolute atomic E-state index is 0.0795. The number of nitrogens with zero attached hydrogens (tertiary/aromatic N) is 2. The van der Waals surface area contributed by atoms with Crippen molar-refractivity contribution >= 4 is 33.4 Å². The third kappa shape index (κ3) is 5.55. The highest BCUT2D eigenvalue weighted by Gasteiger charge is 2.35. The Labute approximate surface area is 156 Å². The first kappa shape index (κ1) is 19.4. The molecule has 7 heteroatoms. The normalized spacial score (nSPS) is 15.6. The fraction of sp³-hybridized carbons (Fsp3) is 0.500. The summed E-state index contributed by atoms with van der Waals surface area (Å²) in [6.07, 6.45) is 3.31. The van der Waals surface area contributed by atoms with Crippen LogP contribution in [0.1, 0.15) is 31.2 Å². The zero-order chi connectivity index (χ0) is 18.4. The first-order valence-corrected chi connectivity index (χ1v) is 9.10. The van der Waals surface area contributed by atoms with Crippen LogP contribution in [0, 0.1) is 18.3 Å². The van der Waals surface area contributed by atoms with Gasteiger partial charge in [-0.3, -0.25) is 14.5 Å². The topological polar surface area (TPSA) is 85.2 Å². The summed E-state index contributed by atoms with van der Waals surface area (Å²) in [5, 5.41) is 15.0. The van der Waals surface area contributed by atoms with E-state index in [1.807, 2.05) is 25.1 Å². The number of likely N-dealkylation sites (N-methyl/N-ethyl adjacent to an activating group) is 1. The van der Waals surface area contributed by atoms with Gasteiger partial charge in [-0.2, -0.15) is 5.26 Å². The number of hydrogen-bond acceptors (Lipinski definition) is 4. The standard InChI is InChI=1S/C18H23BrN4O2/c1-13-9-14(19)5-6-15(13)21-16(24)10-23(2)11-17(25)22-18(12-20)7-3-4-8-18/h5-6,9H,3-4,7-8,10-11H2,1-2H3,(H,21,24)(H,22,25). The number of nitrogens with one attached hydrogen (secondary N) is 2. The molecule has 2 N–H and O–H groups in total. The Morgan fingerprint density at radius 2 is 1.92 bits per heavy atom. The molecule has 1 aliphatic carbocycles. The maximum atomic E-state index is 12.2. The highest BCUT2D eigenvalue weighted by molar-refractivity contribution is 9.10. The Balaban J connectivity index is 1.82. The largest absolute Gasteiger partial charge is 0.337 e. The molecule has 1 aromatic carbocycles. The van der Waals surface area contributed by atoms with Crippen molar-refractivity contribution in [1.29, 1.82) is 5.26 Å². The first-order chi connectivity index (χ1) is 11.8. The van der Waals surface area contributed by atoms with Gasteiger partial charge >= 0.3 is 0 Å². The predicted molar refractivity (Wildman–Crippen MR) is 100.0 cm³/mol. The number of hydrogen-bond donors (Lipinski definition) is 2. The summed E-state index contributed by atoms with van der Waals surface area (Å²) in [7, 11) is 1.71. The lowest BCUT2D eigenvalue weighted by atomic mass is 10.00. The van der Waals surface area contributed by atoms with Crippen LogP contribution in [-0.4, -0.2) is 42.4 Å². The van der Waals surface area contributed by atoms with E-state index in [1.165, 1.54) is 0 Å². The summed E-state index contributed by atoms with van der Waals surface area (Å²) in [4.78, 5) is 26.0. The molecule has 0 aliphatic heterocycles. The van der Waals surface area contributed by atoms with Crippen molar-refractivity contribution < 1.29 is 9.59 Å². The van der Waals surface area contributed by atoms with Crippen LogP contribution >= 0.6 is 15.9 Å². The van der Waals surface area contributed by atoms with E-state index in [0.717, 1.165) is 28.6 Å². The van der Waals surface area contributed by atoms with Gasteiger partial charge in [0.25, 0.3) is 0 Å². The third-order valence-electron chi connectivity index (χ3n) is 4.34. The third-order valence-corrected chi connectivity index (χ3v) is 4.83. The van der Waals surface area contributed by atoms with Gasteiger partial charge < -0.3 is 10.6 Å². The van der Waals surface area contributed by atoms with Crippen molar-refractivity contribution in [3.63, 3.8) is 0 Å². The molecule has 2 amide bonds. The van der Waals surface area contributed by atoms with Gasteiger partial charge in [-0.05, 0) is 63.4 Å². The maximum absolute atomic E-state index is 12.2. The van der Waals surface area contributed by atoms with Gasteiger partial charge in [-0.1, -0.05) is 15.9 Å². The van der Waals surface area contributed by atoms with Crippen molar-refractivity contribution in [2.75, 3.05) is 25.5 Å². The molecule has 2 rings (SSSR count). The number of carbonyl (C=O) groups excluding carboxylic acids is 2. The Hall–Kier alpha value is -1.91. The van der Waals surface area contributed by atoms with Gasteiger partial charge in [0, 0.05) is 10.2 Å². The van der Waals surface area contributed by atoms with Gasteiger partial charge in [0.1, 0.15) is 5.54 Å². The van der Waals surface area contributed by atoms with Crippen LogP contribution in [0.2, 0.25) is 0 Å². The molecule has 0 heterocycles. The number of carbonyl (C=O) groups is 2. The van der Waals surface area contributed by atoms with Gasteiger partial charge in [-0.25, -0.2) is 0 Å². The second-order valence-electron chi connectivity index (χ2n) is 6.63. The Morgan fingerprint density at radius 3 is 2.52 bits per heavy atom. The van der Waals surface area contributed by atoms with Crippen molar-refractivity contribution in [3.8, 4) is 6.07 Å². The molecule has 0 radical (unpaired) electrons. The zero-order valence-electron chi connectivity index (χ0n) is 14.6. The number of nitriles is 1. The minimum atomic E-state index is -0.727. The predicted octanol–water partition coefficient (Wildman–Crippen LogP) is 2.58. The molecule has 0 atom stereocenters. The lowest BCUT2D eigenvalue weighted by molar-refractivity contribution is -0.124. The minimum Gasteiger partial charge on any atom is -0.337 e. The van der Waals surface area contributed by atoms with E-state index in [4.69, 9.17) is 0 Å². The summed E-state index contributed by atoms with van der Waals surface area (Å²) < 4.78 is 0.954. The molecule has 1 fully saturated rings. The SMILES string of the molecule is Cc1cc(Br)ccc1NC(=O)CN(C)CC(=O)NC1(C#N)CCCC1. The number of anilines is 1. The van der Waals surface area contributed by atoms with Crippen LogP contribution in [0.3, 0.4) is 0 Å². The molecular formula is C18H23BrN4O2. The van der Waals surface area contributed by atoms with Crippen LogP contribution in [0.5, 0.6) is 0 Å².